The van der Waals surface area contributed by atoms with E-state index in [9.17, 15) is 4.79 Å². The van der Waals surface area contributed by atoms with Crippen molar-refractivity contribution in [3.63, 3.8) is 0 Å². The van der Waals surface area contributed by atoms with Gasteiger partial charge < -0.3 is 9.21 Å². The van der Waals surface area contributed by atoms with Crippen molar-refractivity contribution in [3.05, 3.63) is 29.7 Å². The summed E-state index contributed by atoms with van der Waals surface area (Å²) in [5, 5.41) is 0. The average Bonchev–Trinajstić information content (AvgIpc) is 2.71. The standard InChI is InChI=1S/C14H17NO2/c1-9(2)14-15-12-8-11(10(3)6-7-16)4-5-13(12)17-14/h4-5,7-10H,6H2,1-3H3. The van der Waals surface area contributed by atoms with Crippen LogP contribution in [-0.2, 0) is 4.79 Å². The molecule has 1 unspecified atom stereocenters. The Balaban J connectivity index is 2.39. The largest absolute Gasteiger partial charge is 0.440 e. The zero-order valence-corrected chi connectivity index (χ0v) is 10.4. The quantitative estimate of drug-likeness (QED) is 0.754. The van der Waals surface area contributed by atoms with Crippen molar-refractivity contribution in [2.75, 3.05) is 0 Å². The first-order valence-electron chi connectivity index (χ1n) is 5.96. The van der Waals surface area contributed by atoms with Crippen LogP contribution in [0.4, 0.5) is 0 Å². The van der Waals surface area contributed by atoms with Gasteiger partial charge in [0.25, 0.3) is 0 Å². The molecule has 0 spiro atoms. The minimum Gasteiger partial charge on any atom is -0.440 e. The van der Waals surface area contributed by atoms with Gasteiger partial charge in [-0.2, -0.15) is 0 Å². The normalized spacial score (nSPS) is 13.2. The minimum absolute atomic E-state index is 0.232. The third kappa shape index (κ3) is 2.38. The zero-order valence-electron chi connectivity index (χ0n) is 10.4. The van der Waals surface area contributed by atoms with Crippen LogP contribution in [0.2, 0.25) is 0 Å². The van der Waals surface area contributed by atoms with Crippen LogP contribution < -0.4 is 0 Å². The fraction of sp³-hybridized carbons (Fsp3) is 0.429. The average molecular weight is 231 g/mol. The third-order valence-corrected chi connectivity index (χ3v) is 2.94. The Morgan fingerprint density at radius 1 is 1.35 bits per heavy atom. The van der Waals surface area contributed by atoms with Crippen molar-refractivity contribution in [2.24, 2.45) is 0 Å². The maximum atomic E-state index is 10.5. The van der Waals surface area contributed by atoms with E-state index in [1.54, 1.807) is 0 Å². The Morgan fingerprint density at radius 2 is 2.12 bits per heavy atom. The number of rotatable bonds is 4. The van der Waals surface area contributed by atoms with Gasteiger partial charge in [-0.05, 0) is 23.6 Å². The predicted molar refractivity (Wildman–Crippen MR) is 67.2 cm³/mol. The molecule has 2 rings (SSSR count). The molecule has 0 radical (unpaired) electrons. The smallest absolute Gasteiger partial charge is 0.198 e. The van der Waals surface area contributed by atoms with Gasteiger partial charge in [-0.25, -0.2) is 4.98 Å². The monoisotopic (exact) mass is 231 g/mol. The Kier molecular flexibility index (Phi) is 3.27. The first kappa shape index (κ1) is 11.8. The van der Waals surface area contributed by atoms with Gasteiger partial charge >= 0.3 is 0 Å². The topological polar surface area (TPSA) is 43.1 Å². The molecule has 0 saturated carbocycles. The summed E-state index contributed by atoms with van der Waals surface area (Å²) in [7, 11) is 0. The highest BCUT2D eigenvalue weighted by molar-refractivity contribution is 5.73. The van der Waals surface area contributed by atoms with Gasteiger partial charge in [-0.1, -0.05) is 26.8 Å². The number of hydrogen-bond donors (Lipinski definition) is 0. The van der Waals surface area contributed by atoms with Gasteiger partial charge in [-0.15, -0.1) is 0 Å². The highest BCUT2D eigenvalue weighted by Gasteiger charge is 2.11. The molecule has 0 bridgehead atoms. The number of carbonyl (C=O) groups is 1. The van der Waals surface area contributed by atoms with Gasteiger partial charge in [0.1, 0.15) is 11.8 Å². The van der Waals surface area contributed by atoms with Gasteiger partial charge in [0.05, 0.1) is 0 Å². The molecular weight excluding hydrogens is 214 g/mol. The van der Waals surface area contributed by atoms with Gasteiger partial charge in [-0.3, -0.25) is 0 Å². The zero-order chi connectivity index (χ0) is 12.4. The first-order valence-corrected chi connectivity index (χ1v) is 5.96. The molecule has 0 N–H and O–H groups in total. The number of nitrogens with zero attached hydrogens (tertiary/aromatic N) is 1. The first-order chi connectivity index (χ1) is 8.11. The van der Waals surface area contributed by atoms with Crippen LogP contribution in [0.3, 0.4) is 0 Å². The van der Waals surface area contributed by atoms with Gasteiger partial charge in [0.2, 0.25) is 0 Å². The summed E-state index contributed by atoms with van der Waals surface area (Å²) in [4.78, 5) is 15.0. The lowest BCUT2D eigenvalue weighted by Crippen LogP contribution is -1.93. The highest BCUT2D eigenvalue weighted by Crippen LogP contribution is 2.25. The van der Waals surface area contributed by atoms with E-state index in [1.807, 2.05) is 25.1 Å². The lowest BCUT2D eigenvalue weighted by atomic mass is 9.98. The second-order valence-electron chi connectivity index (χ2n) is 4.74. The van der Waals surface area contributed by atoms with Crippen LogP contribution in [0.5, 0.6) is 0 Å². The number of aromatic nitrogens is 1. The summed E-state index contributed by atoms with van der Waals surface area (Å²) < 4.78 is 5.64. The molecule has 3 nitrogen and oxygen atoms in total. The van der Waals surface area contributed by atoms with E-state index in [0.29, 0.717) is 12.3 Å². The lowest BCUT2D eigenvalue weighted by Gasteiger charge is -2.06. The number of fused-ring (bicyclic) bond motifs is 1. The van der Waals surface area contributed by atoms with Crippen molar-refractivity contribution in [1.82, 2.24) is 4.98 Å². The third-order valence-electron chi connectivity index (χ3n) is 2.94. The van der Waals surface area contributed by atoms with E-state index in [0.717, 1.165) is 28.8 Å². The molecule has 0 aliphatic heterocycles. The van der Waals surface area contributed by atoms with E-state index in [2.05, 4.69) is 18.8 Å². The highest BCUT2D eigenvalue weighted by atomic mass is 16.3. The second-order valence-corrected chi connectivity index (χ2v) is 4.74. The maximum Gasteiger partial charge on any atom is 0.198 e. The molecule has 3 heteroatoms. The predicted octanol–water partition coefficient (Wildman–Crippen LogP) is 3.64. The second kappa shape index (κ2) is 4.70. The fourth-order valence-electron chi connectivity index (χ4n) is 1.80. The van der Waals surface area contributed by atoms with E-state index in [1.165, 1.54) is 0 Å². The summed E-state index contributed by atoms with van der Waals surface area (Å²) in [6.07, 6.45) is 1.50. The summed E-state index contributed by atoms with van der Waals surface area (Å²) in [6.45, 7) is 6.15. The number of aldehydes is 1. The van der Waals surface area contributed by atoms with Gasteiger partial charge in [0.15, 0.2) is 11.5 Å². The van der Waals surface area contributed by atoms with E-state index < -0.39 is 0 Å². The van der Waals surface area contributed by atoms with Crippen LogP contribution in [0, 0.1) is 0 Å². The van der Waals surface area contributed by atoms with Crippen LogP contribution in [-0.4, -0.2) is 11.3 Å². The van der Waals surface area contributed by atoms with Crippen molar-refractivity contribution >= 4 is 17.4 Å². The molecule has 2 aromatic rings. The van der Waals surface area contributed by atoms with Crippen molar-refractivity contribution in [1.29, 1.82) is 0 Å². The molecule has 0 amide bonds. The molecule has 0 aliphatic carbocycles. The summed E-state index contributed by atoms with van der Waals surface area (Å²) in [5.74, 6) is 1.29. The van der Waals surface area contributed by atoms with Crippen LogP contribution >= 0.6 is 0 Å². The number of carbonyl (C=O) groups excluding carboxylic acids is 1. The Labute approximate surface area is 101 Å². The molecule has 0 saturated heterocycles. The fourth-order valence-corrected chi connectivity index (χ4v) is 1.80. The molecule has 1 heterocycles. The molecule has 1 aromatic carbocycles. The summed E-state index contributed by atoms with van der Waals surface area (Å²) >= 11 is 0. The van der Waals surface area contributed by atoms with Crippen LogP contribution in [0.1, 0.15) is 50.5 Å². The SMILES string of the molecule is CC(C)c1nc2cc(C(C)CC=O)ccc2o1. The van der Waals surface area contributed by atoms with Crippen molar-refractivity contribution in [3.8, 4) is 0 Å². The maximum absolute atomic E-state index is 10.5. The number of hydrogen-bond acceptors (Lipinski definition) is 3. The van der Waals surface area contributed by atoms with Crippen molar-refractivity contribution < 1.29 is 9.21 Å². The van der Waals surface area contributed by atoms with E-state index >= 15 is 0 Å². The molecule has 17 heavy (non-hydrogen) atoms. The molecule has 1 aromatic heterocycles. The Morgan fingerprint density at radius 3 is 2.76 bits per heavy atom. The van der Waals surface area contributed by atoms with E-state index in [-0.39, 0.29) is 5.92 Å². The molecule has 1 atom stereocenters. The Bertz CT molecular complexity index is 528. The van der Waals surface area contributed by atoms with Gasteiger partial charge in [0, 0.05) is 12.3 Å². The molecule has 0 aliphatic rings. The van der Waals surface area contributed by atoms with Crippen molar-refractivity contribution in [2.45, 2.75) is 39.0 Å². The minimum atomic E-state index is 0.232. The number of oxazole rings is 1. The summed E-state index contributed by atoms with van der Waals surface area (Å²) in [5.41, 5.74) is 2.83. The van der Waals surface area contributed by atoms with Crippen LogP contribution in [0.15, 0.2) is 22.6 Å². The molecule has 90 valence electrons. The summed E-state index contributed by atoms with van der Waals surface area (Å²) in [6, 6.07) is 5.95. The lowest BCUT2D eigenvalue weighted by molar-refractivity contribution is -0.108. The molecular formula is C14H17NO2. The molecule has 0 fully saturated rings. The van der Waals surface area contributed by atoms with E-state index in [4.69, 9.17) is 4.42 Å². The number of benzene rings is 1. The van der Waals surface area contributed by atoms with Crippen LogP contribution in [0.25, 0.3) is 11.1 Å². The Hall–Kier alpha value is -1.64.